The van der Waals surface area contributed by atoms with E-state index in [0.29, 0.717) is 47.7 Å². The van der Waals surface area contributed by atoms with Gasteiger partial charge in [-0.1, -0.05) is 103 Å². The van der Waals surface area contributed by atoms with Gasteiger partial charge in [0.05, 0.1) is 45.2 Å². The molecule has 2 N–H and O–H groups in total. The van der Waals surface area contributed by atoms with Gasteiger partial charge in [0.15, 0.2) is 23.0 Å². The van der Waals surface area contributed by atoms with Crippen LogP contribution in [-0.4, -0.2) is 107 Å². The van der Waals surface area contributed by atoms with Crippen molar-refractivity contribution in [2.24, 2.45) is 0 Å². The number of thioether (sulfide) groups is 4. The number of allylic oxidation sites excluding steroid dienone is 1. The van der Waals surface area contributed by atoms with Gasteiger partial charge in [0.1, 0.15) is 48.2 Å². The van der Waals surface area contributed by atoms with Crippen LogP contribution in [0.5, 0.6) is 23.0 Å². The quantitative estimate of drug-likeness (QED) is 0.0713. The molecule has 2 atom stereocenters. The number of nitrogens with zero attached hydrogens (tertiary/aromatic N) is 3. The number of carbonyl (C=O) groups is 4. The highest BCUT2D eigenvalue weighted by molar-refractivity contribution is 8.27. The number of thiophene rings is 4. The van der Waals surface area contributed by atoms with Crippen molar-refractivity contribution >= 4 is 191 Å². The first-order valence-electron chi connectivity index (χ1n) is 23.9. The molecule has 3 aromatic carbocycles. The topological polar surface area (TPSA) is 165 Å². The Hall–Kier alpha value is -5.99. The van der Waals surface area contributed by atoms with Crippen LogP contribution in [0.4, 0.5) is 0 Å². The second-order valence-electron chi connectivity index (χ2n) is 18.1. The predicted molar refractivity (Wildman–Crippen MR) is 326 cm³/mol. The Morgan fingerprint density at radius 2 is 1.14 bits per heavy atom. The van der Waals surface area contributed by atoms with Crippen molar-refractivity contribution in [2.75, 3.05) is 39.5 Å². The second kappa shape index (κ2) is 20.0. The number of carboxylic acid groups (broad SMARTS) is 2. The van der Waals surface area contributed by atoms with Gasteiger partial charge in [0.25, 0.3) is 11.8 Å². The Bertz CT molecular complexity index is 4120. The van der Waals surface area contributed by atoms with E-state index >= 15 is 0 Å². The number of fused-ring (bicyclic) bond motifs is 6. The SMILES string of the molecule is O=C(O)CN1C(=O)/C(=C\C2=CC3SC(c4sc(-c5ccc6nc7ccc(-c8sc(-c9cc%10sc(/C=C%11/SC(=S)N(CC(=O)O)C%11=O)cc%10s9)c9c8OCCO9)cc7c(-c7ccccc7)c6c5)c5c4OCCO5)=CC3S2)SC1=S. The molecule has 0 aliphatic carbocycles. The van der Waals surface area contributed by atoms with Gasteiger partial charge in [0.2, 0.25) is 0 Å². The van der Waals surface area contributed by atoms with E-state index < -0.39 is 30.9 Å². The smallest absolute Gasteiger partial charge is 0.323 e. The van der Waals surface area contributed by atoms with Gasteiger partial charge in [-0.25, -0.2) is 4.98 Å². The molecule has 23 heteroatoms. The number of amides is 2. The summed E-state index contributed by atoms with van der Waals surface area (Å²) < 4.78 is 28.3. The van der Waals surface area contributed by atoms with Crippen LogP contribution in [0.25, 0.3) is 83.9 Å². The van der Waals surface area contributed by atoms with Crippen LogP contribution >= 0.6 is 117 Å². The van der Waals surface area contributed by atoms with Crippen molar-refractivity contribution in [3.05, 3.63) is 122 Å². The largest absolute Gasteiger partial charge is 0.485 e. The maximum Gasteiger partial charge on any atom is 0.323 e. The standard InChI is InChI=1S/C55H33N3O10S10/c59-41(60)22-57-52(63)39(75-54(57)69)18-27-16-33-35(71-27)20-37(73-33)50-46-44(65-10-12-67-46)48(77-50)25-6-8-31-29(14-25)43(24-4-2-1-3-5-24)30-15-26(7-9-32(30)56-31)49-45-47(68-13-11-66-45)51(78-49)38-21-36-34(74-38)17-28(72-36)19-40-53(64)58(23-42(61)62)55(70)76-40/h1-9,14-21,33,35H,10-13,22-23H2,(H,59,60)(H,61,62)/b39-18+,40-19+. The maximum atomic E-state index is 13.0. The fourth-order valence-electron chi connectivity index (χ4n) is 9.88. The summed E-state index contributed by atoms with van der Waals surface area (Å²) in [6.45, 7) is 0.774. The Labute approximate surface area is 486 Å². The number of carbonyl (C=O) groups excluding carboxylic acids is 2. The van der Waals surface area contributed by atoms with Gasteiger partial charge in [-0.05, 0) is 65.2 Å². The molecular formula is C55H33N3O10S10. The number of hydrogen-bond acceptors (Lipinski definition) is 19. The lowest BCUT2D eigenvalue weighted by Crippen LogP contribution is -2.33. The van der Waals surface area contributed by atoms with Gasteiger partial charge < -0.3 is 29.2 Å². The number of aromatic nitrogens is 1. The summed E-state index contributed by atoms with van der Waals surface area (Å²) in [5, 5.41) is 20.8. The van der Waals surface area contributed by atoms with Crippen molar-refractivity contribution < 1.29 is 48.3 Å². The van der Waals surface area contributed by atoms with E-state index in [2.05, 4.69) is 78.9 Å². The van der Waals surface area contributed by atoms with E-state index in [1.165, 1.54) is 0 Å². The molecule has 2 amide bonds. The number of hydrogen-bond donors (Lipinski definition) is 2. The summed E-state index contributed by atoms with van der Waals surface area (Å²) in [6.07, 6.45) is 8.04. The van der Waals surface area contributed by atoms with Crippen molar-refractivity contribution in [2.45, 2.75) is 10.5 Å². The summed E-state index contributed by atoms with van der Waals surface area (Å²) >= 11 is 22.8. The number of ether oxygens (including phenoxy) is 4. The van der Waals surface area contributed by atoms with Crippen LogP contribution < -0.4 is 18.9 Å². The van der Waals surface area contributed by atoms with E-state index in [1.54, 1.807) is 74.9 Å². The summed E-state index contributed by atoms with van der Waals surface area (Å²) in [5.41, 5.74) is 5.76. The van der Waals surface area contributed by atoms with Crippen LogP contribution in [0.1, 0.15) is 9.75 Å². The zero-order chi connectivity index (χ0) is 53.1. The van der Waals surface area contributed by atoms with Crippen molar-refractivity contribution in [3.63, 3.8) is 0 Å². The Morgan fingerprint density at radius 1 is 0.603 bits per heavy atom. The first-order valence-corrected chi connectivity index (χ1v) is 31.4. The summed E-state index contributed by atoms with van der Waals surface area (Å²) in [6, 6.07) is 27.4. The van der Waals surface area contributed by atoms with Gasteiger partial charge in [-0.3, -0.25) is 29.0 Å². The van der Waals surface area contributed by atoms with Gasteiger partial charge in [-0.2, -0.15) is 0 Å². The number of carboxylic acids is 2. The number of benzene rings is 3. The van der Waals surface area contributed by atoms with Crippen LogP contribution in [0.3, 0.4) is 0 Å². The highest BCUT2D eigenvalue weighted by Crippen LogP contribution is 2.60. The molecule has 388 valence electrons. The number of aliphatic carboxylic acids is 2. The van der Waals surface area contributed by atoms with Crippen molar-refractivity contribution in [1.82, 2.24) is 14.8 Å². The average Bonchev–Trinajstić information content (AvgIpc) is 4.48. The summed E-state index contributed by atoms with van der Waals surface area (Å²) in [4.78, 5) is 64.9. The Kier molecular flexibility index (Phi) is 12.9. The van der Waals surface area contributed by atoms with E-state index in [0.717, 1.165) is 137 Å². The lowest BCUT2D eigenvalue weighted by Gasteiger charge is -2.18. The average molecular weight is 1220 g/mol. The molecule has 13 nitrogen and oxygen atoms in total. The lowest BCUT2D eigenvalue weighted by molar-refractivity contribution is -0.140. The van der Waals surface area contributed by atoms with Crippen molar-refractivity contribution in [3.8, 4) is 64.8 Å². The fourth-order valence-corrected chi connectivity index (χ4v) is 20.3. The van der Waals surface area contributed by atoms with Crippen LogP contribution in [-0.2, 0) is 19.2 Å². The Morgan fingerprint density at radius 3 is 1.72 bits per heavy atom. The van der Waals surface area contributed by atoms with Gasteiger partial charge >= 0.3 is 11.9 Å². The molecular weight excluding hydrogens is 1180 g/mol. The molecule has 2 unspecified atom stereocenters. The number of rotatable bonds is 11. The van der Waals surface area contributed by atoms with Crippen LogP contribution in [0.2, 0.25) is 0 Å². The molecule has 2 saturated heterocycles. The minimum absolute atomic E-state index is 0.125. The molecule has 2 fully saturated rings. The summed E-state index contributed by atoms with van der Waals surface area (Å²) in [7, 11) is 0. The van der Waals surface area contributed by atoms with E-state index in [1.807, 2.05) is 18.2 Å². The van der Waals surface area contributed by atoms with Gasteiger partial charge in [-0.15, -0.1) is 68.9 Å². The van der Waals surface area contributed by atoms with Crippen LogP contribution in [0.15, 0.2) is 112 Å². The van der Waals surface area contributed by atoms with Gasteiger partial charge in [0, 0.05) is 50.9 Å². The molecule has 0 saturated carbocycles. The molecule has 5 aromatic heterocycles. The third-order valence-corrected chi connectivity index (χ3v) is 23.7. The normalized spacial score (nSPS) is 19.8. The number of pyridine rings is 1. The molecule has 14 rings (SSSR count). The third kappa shape index (κ3) is 8.86. The molecule has 8 aromatic rings. The van der Waals surface area contributed by atoms with Crippen molar-refractivity contribution in [1.29, 1.82) is 0 Å². The molecule has 0 spiro atoms. The molecule has 0 bridgehead atoms. The fraction of sp³-hybridized carbons (Fsp3) is 0.145. The Balaban J connectivity index is 0.798. The van der Waals surface area contributed by atoms with Crippen LogP contribution in [0, 0.1) is 0 Å². The molecule has 78 heavy (non-hydrogen) atoms. The third-order valence-electron chi connectivity index (χ3n) is 13.2. The molecule has 0 radical (unpaired) electrons. The minimum atomic E-state index is -1.12. The predicted octanol–water partition coefficient (Wildman–Crippen LogP) is 13.6. The van der Waals surface area contributed by atoms with E-state index in [4.69, 9.17) is 48.4 Å². The molecule has 6 aliphatic rings. The first-order chi connectivity index (χ1) is 37.9. The van der Waals surface area contributed by atoms with E-state index in [9.17, 15) is 29.4 Å². The zero-order valence-corrected chi connectivity index (χ0v) is 48.0. The maximum absolute atomic E-state index is 13.0. The summed E-state index contributed by atoms with van der Waals surface area (Å²) in [5.74, 6) is -0.125. The van der Waals surface area contributed by atoms with E-state index in [-0.39, 0.29) is 25.0 Å². The lowest BCUT2D eigenvalue weighted by atomic mass is 9.93. The minimum Gasteiger partial charge on any atom is -0.485 e. The number of thiocarbonyl (C=S) groups is 2. The molecule has 6 aliphatic heterocycles. The highest BCUT2D eigenvalue weighted by atomic mass is 32.2. The first kappa shape index (κ1) is 50.2. The zero-order valence-electron chi connectivity index (χ0n) is 39.8. The molecule has 11 heterocycles. The highest BCUT2D eigenvalue weighted by Gasteiger charge is 2.40. The monoisotopic (exact) mass is 1210 g/mol. The second-order valence-corrected chi connectivity index (χ2v) is 28.2.